The number of thiocarbonyl (C=S) groups is 1. The summed E-state index contributed by atoms with van der Waals surface area (Å²) in [4.78, 5) is 0. The van der Waals surface area contributed by atoms with Gasteiger partial charge < -0.3 is 20.1 Å². The Hall–Kier alpha value is -2.27. The third kappa shape index (κ3) is 4.63. The van der Waals surface area contributed by atoms with Gasteiger partial charge in [-0.2, -0.15) is 0 Å². The summed E-state index contributed by atoms with van der Waals surface area (Å²) in [5.41, 5.74) is 2.34. The molecule has 1 atom stereocenters. The first kappa shape index (κ1) is 17.5. The van der Waals surface area contributed by atoms with Crippen molar-refractivity contribution in [3.8, 4) is 11.5 Å². The summed E-state index contributed by atoms with van der Waals surface area (Å²) in [5.74, 6) is 1.99. The zero-order valence-electron chi connectivity index (χ0n) is 14.6. The predicted molar refractivity (Wildman–Crippen MR) is 104 cm³/mol. The fourth-order valence-electron chi connectivity index (χ4n) is 2.86. The van der Waals surface area contributed by atoms with Crippen LogP contribution in [0.15, 0.2) is 48.5 Å². The topological polar surface area (TPSA) is 42.5 Å². The Morgan fingerprint density at radius 2 is 1.76 bits per heavy atom. The highest BCUT2D eigenvalue weighted by molar-refractivity contribution is 7.80. The molecule has 0 saturated carbocycles. The molecule has 4 nitrogen and oxygen atoms in total. The second kappa shape index (κ2) is 8.21. The molecule has 2 aromatic carbocycles. The van der Waals surface area contributed by atoms with Crippen LogP contribution in [0.2, 0.25) is 0 Å². The Balaban J connectivity index is 1.65. The molecule has 0 fully saturated rings. The Kier molecular flexibility index (Phi) is 5.76. The highest BCUT2D eigenvalue weighted by atomic mass is 32.1. The Labute approximate surface area is 154 Å². The van der Waals surface area contributed by atoms with Gasteiger partial charge in [0.2, 0.25) is 0 Å². The smallest absolute Gasteiger partial charge is 0.167 e. The number of benzene rings is 2. The van der Waals surface area contributed by atoms with Crippen molar-refractivity contribution in [3.63, 3.8) is 0 Å². The molecular formula is C20H24N2O2S. The molecule has 1 aliphatic heterocycles. The Morgan fingerprint density at radius 1 is 1.04 bits per heavy atom. The van der Waals surface area contributed by atoms with Gasteiger partial charge in [0.15, 0.2) is 16.6 Å². The molecule has 2 N–H and O–H groups in total. The molecule has 0 aromatic heterocycles. The van der Waals surface area contributed by atoms with Crippen LogP contribution < -0.4 is 20.1 Å². The zero-order chi connectivity index (χ0) is 17.6. The van der Waals surface area contributed by atoms with Gasteiger partial charge in [0, 0.05) is 6.54 Å². The van der Waals surface area contributed by atoms with Crippen molar-refractivity contribution >= 4 is 17.3 Å². The van der Waals surface area contributed by atoms with Gasteiger partial charge in [-0.05, 0) is 41.4 Å². The summed E-state index contributed by atoms with van der Waals surface area (Å²) < 4.78 is 11.3. The van der Waals surface area contributed by atoms with E-state index < -0.39 is 0 Å². The molecule has 0 radical (unpaired) electrons. The van der Waals surface area contributed by atoms with Gasteiger partial charge in [0.25, 0.3) is 0 Å². The second-order valence-electron chi connectivity index (χ2n) is 6.44. The minimum absolute atomic E-state index is 0.103. The largest absolute Gasteiger partial charge is 0.486 e. The van der Waals surface area contributed by atoms with Crippen molar-refractivity contribution in [2.24, 2.45) is 5.92 Å². The van der Waals surface area contributed by atoms with Crippen molar-refractivity contribution in [2.45, 2.75) is 26.4 Å². The van der Waals surface area contributed by atoms with E-state index in [9.17, 15) is 0 Å². The quantitative estimate of drug-likeness (QED) is 0.797. The molecule has 0 spiro atoms. The fourth-order valence-corrected chi connectivity index (χ4v) is 3.06. The van der Waals surface area contributed by atoms with Gasteiger partial charge in [0.1, 0.15) is 13.2 Å². The number of nitrogens with one attached hydrogen (secondary N) is 2. The van der Waals surface area contributed by atoms with Crippen LogP contribution in [-0.2, 0) is 6.54 Å². The van der Waals surface area contributed by atoms with E-state index in [1.54, 1.807) is 0 Å². The first-order chi connectivity index (χ1) is 12.1. The summed E-state index contributed by atoms with van der Waals surface area (Å²) in [6, 6.07) is 16.4. The maximum Gasteiger partial charge on any atom is 0.167 e. The van der Waals surface area contributed by atoms with Gasteiger partial charge in [-0.25, -0.2) is 0 Å². The molecule has 25 heavy (non-hydrogen) atoms. The van der Waals surface area contributed by atoms with E-state index >= 15 is 0 Å². The first-order valence-corrected chi connectivity index (χ1v) is 9.02. The molecule has 1 aliphatic rings. The zero-order valence-corrected chi connectivity index (χ0v) is 15.4. The van der Waals surface area contributed by atoms with Crippen LogP contribution >= 0.6 is 12.2 Å². The van der Waals surface area contributed by atoms with Gasteiger partial charge in [0.05, 0.1) is 6.04 Å². The van der Waals surface area contributed by atoms with Crippen LogP contribution in [0.3, 0.4) is 0 Å². The highest BCUT2D eigenvalue weighted by Gasteiger charge is 2.20. The van der Waals surface area contributed by atoms with Crippen LogP contribution in [0.1, 0.15) is 31.0 Å². The molecule has 0 bridgehead atoms. The van der Waals surface area contributed by atoms with E-state index in [2.05, 4.69) is 42.7 Å². The number of rotatable bonds is 5. The van der Waals surface area contributed by atoms with Gasteiger partial charge in [-0.1, -0.05) is 50.2 Å². The van der Waals surface area contributed by atoms with Crippen LogP contribution in [-0.4, -0.2) is 18.3 Å². The minimum Gasteiger partial charge on any atom is -0.486 e. The average molecular weight is 356 g/mol. The summed E-state index contributed by atoms with van der Waals surface area (Å²) in [7, 11) is 0. The van der Waals surface area contributed by atoms with E-state index in [0.29, 0.717) is 30.8 Å². The number of hydrogen-bond acceptors (Lipinski definition) is 3. The third-order valence-corrected chi connectivity index (χ3v) is 4.44. The third-order valence-electron chi connectivity index (χ3n) is 4.17. The molecule has 2 aromatic rings. The highest BCUT2D eigenvalue weighted by Crippen LogP contribution is 2.34. The lowest BCUT2D eigenvalue weighted by atomic mass is 9.95. The molecule has 0 saturated heterocycles. The summed E-state index contributed by atoms with van der Waals surface area (Å²) in [6.07, 6.45) is 0. The summed E-state index contributed by atoms with van der Waals surface area (Å²) in [5, 5.41) is 7.36. The lowest BCUT2D eigenvalue weighted by Gasteiger charge is -2.26. The molecule has 0 unspecified atom stereocenters. The summed E-state index contributed by atoms with van der Waals surface area (Å²) >= 11 is 5.49. The normalized spacial score (nSPS) is 14.0. The lowest BCUT2D eigenvalue weighted by molar-refractivity contribution is 0.171. The molecule has 5 heteroatoms. The number of hydrogen-bond donors (Lipinski definition) is 2. The van der Waals surface area contributed by atoms with Crippen LogP contribution in [0.25, 0.3) is 0 Å². The Bertz CT molecular complexity index is 719. The van der Waals surface area contributed by atoms with E-state index in [1.807, 2.05) is 30.3 Å². The second-order valence-corrected chi connectivity index (χ2v) is 6.85. The van der Waals surface area contributed by atoms with Crippen molar-refractivity contribution in [1.29, 1.82) is 0 Å². The van der Waals surface area contributed by atoms with Gasteiger partial charge >= 0.3 is 0 Å². The van der Waals surface area contributed by atoms with Crippen molar-refractivity contribution < 1.29 is 9.47 Å². The van der Waals surface area contributed by atoms with Crippen molar-refractivity contribution in [2.75, 3.05) is 13.2 Å². The van der Waals surface area contributed by atoms with Crippen LogP contribution in [0.4, 0.5) is 0 Å². The number of fused-ring (bicyclic) bond motifs is 1. The average Bonchev–Trinajstić information content (AvgIpc) is 2.64. The van der Waals surface area contributed by atoms with E-state index in [1.165, 1.54) is 5.56 Å². The fraction of sp³-hybridized carbons (Fsp3) is 0.350. The minimum atomic E-state index is 0.103. The summed E-state index contributed by atoms with van der Waals surface area (Å²) in [6.45, 7) is 6.25. The Morgan fingerprint density at radius 3 is 2.48 bits per heavy atom. The molecular weight excluding hydrogens is 332 g/mol. The number of ether oxygens (including phenoxy) is 2. The van der Waals surface area contributed by atoms with Gasteiger partial charge in [-0.3, -0.25) is 0 Å². The van der Waals surface area contributed by atoms with E-state index in [4.69, 9.17) is 21.7 Å². The molecule has 1 heterocycles. The van der Waals surface area contributed by atoms with Crippen molar-refractivity contribution in [3.05, 3.63) is 59.7 Å². The molecule has 0 aliphatic carbocycles. The standard InChI is InChI=1S/C20H24N2O2S/c1-14(2)19(16-8-9-17-18(12-16)24-11-10-23-17)22-20(25)21-13-15-6-4-3-5-7-15/h3-9,12,14,19H,10-11,13H2,1-2H3,(H2,21,22,25)/t19-/m0/s1. The first-order valence-electron chi connectivity index (χ1n) is 8.61. The van der Waals surface area contributed by atoms with E-state index in [-0.39, 0.29) is 6.04 Å². The SMILES string of the molecule is CC(C)[C@H](NC(=S)NCc1ccccc1)c1ccc2c(c1)OCCO2. The molecule has 132 valence electrons. The van der Waals surface area contributed by atoms with E-state index in [0.717, 1.165) is 17.1 Å². The maximum atomic E-state index is 5.70. The molecule has 3 rings (SSSR count). The maximum absolute atomic E-state index is 5.70. The molecule has 0 amide bonds. The van der Waals surface area contributed by atoms with Gasteiger partial charge in [-0.15, -0.1) is 0 Å². The predicted octanol–water partition coefficient (Wildman–Crippen LogP) is 3.82. The van der Waals surface area contributed by atoms with Crippen LogP contribution in [0, 0.1) is 5.92 Å². The monoisotopic (exact) mass is 356 g/mol. The lowest BCUT2D eigenvalue weighted by Crippen LogP contribution is -2.39. The van der Waals surface area contributed by atoms with Crippen molar-refractivity contribution in [1.82, 2.24) is 10.6 Å². The van der Waals surface area contributed by atoms with Crippen LogP contribution in [0.5, 0.6) is 11.5 Å².